The van der Waals surface area contributed by atoms with Crippen molar-refractivity contribution in [1.29, 1.82) is 0 Å². The number of carbonyl (C=O) groups excluding carboxylic acids is 3. The second-order valence-corrected chi connectivity index (χ2v) is 10.5. The zero-order valence-corrected chi connectivity index (χ0v) is 21.6. The summed E-state index contributed by atoms with van der Waals surface area (Å²) in [4.78, 5) is 56.2. The van der Waals surface area contributed by atoms with Crippen LogP contribution in [0.3, 0.4) is 0 Å². The normalized spacial score (nSPS) is 23.5. The van der Waals surface area contributed by atoms with Crippen molar-refractivity contribution in [1.82, 2.24) is 0 Å². The fraction of sp³-hybridized carbons (Fsp3) is 0.121. The van der Waals surface area contributed by atoms with Gasteiger partial charge in [-0.25, -0.2) is 0 Å². The maximum atomic E-state index is 14.6. The Morgan fingerprint density at radius 2 is 1.46 bits per heavy atom. The third-order valence-electron chi connectivity index (χ3n) is 8.51. The summed E-state index contributed by atoms with van der Waals surface area (Å²) in [6.07, 6.45) is 3.85. The maximum absolute atomic E-state index is 14.6. The molecule has 3 aliphatic rings. The summed E-state index contributed by atoms with van der Waals surface area (Å²) in [5.41, 5.74) is 1.94. The van der Waals surface area contributed by atoms with Crippen LogP contribution in [0, 0.1) is 16.0 Å². The molecular formula is C33H23N3O5. The topological polar surface area (TPSA) is 110 Å². The smallest absolute Gasteiger partial charge is 0.269 e. The molecule has 0 bridgehead atoms. The van der Waals surface area contributed by atoms with Crippen LogP contribution < -0.4 is 10.2 Å². The van der Waals surface area contributed by atoms with E-state index in [-0.39, 0.29) is 22.9 Å². The van der Waals surface area contributed by atoms with Crippen LogP contribution in [0.15, 0.2) is 109 Å². The molecule has 0 aromatic heterocycles. The highest BCUT2D eigenvalue weighted by Gasteiger charge is 2.70. The molecule has 0 aliphatic carbocycles. The molecule has 41 heavy (non-hydrogen) atoms. The molecule has 3 aliphatic heterocycles. The van der Waals surface area contributed by atoms with Crippen LogP contribution in [0.25, 0.3) is 6.08 Å². The summed E-state index contributed by atoms with van der Waals surface area (Å²) >= 11 is 0. The van der Waals surface area contributed by atoms with Crippen LogP contribution in [0.2, 0.25) is 0 Å². The van der Waals surface area contributed by atoms with Crippen LogP contribution in [0.5, 0.6) is 0 Å². The molecule has 1 N–H and O–H groups in total. The molecule has 7 rings (SSSR count). The van der Waals surface area contributed by atoms with E-state index < -0.39 is 34.1 Å². The minimum absolute atomic E-state index is 0.144. The lowest BCUT2D eigenvalue weighted by molar-refractivity contribution is -0.384. The molecule has 8 nitrogen and oxygen atoms in total. The number of Topliss-reactive ketones (excluding diaryl/α,β-unsaturated/α-hetero) is 2. The Morgan fingerprint density at radius 3 is 2.22 bits per heavy atom. The Hall–Kier alpha value is -5.37. The first kappa shape index (κ1) is 24.7. The molecule has 4 aromatic rings. The highest BCUT2D eigenvalue weighted by Crippen LogP contribution is 2.58. The number of para-hydroxylation sites is 2. The van der Waals surface area contributed by atoms with Crippen molar-refractivity contribution in [2.24, 2.45) is 5.92 Å². The number of non-ortho nitro benzene ring substituents is 1. The SMILES string of the molecule is O=C(c1ccc([N+](=O)[O-])cc1)[C@@H]1[C@H](C(=O)c2ccccc2)[C@@]2(C(=O)Nc3ccccc32)[C@@H]2C=Cc3ccccc3N12. The molecule has 1 saturated heterocycles. The molecule has 0 unspecified atom stereocenters. The van der Waals surface area contributed by atoms with Crippen LogP contribution in [0.4, 0.5) is 17.1 Å². The highest BCUT2D eigenvalue weighted by molar-refractivity contribution is 6.18. The largest absolute Gasteiger partial charge is 0.352 e. The van der Waals surface area contributed by atoms with Gasteiger partial charge in [0.2, 0.25) is 5.91 Å². The number of fused-ring (bicyclic) bond motifs is 6. The molecule has 3 heterocycles. The van der Waals surface area contributed by atoms with E-state index in [0.717, 1.165) is 11.3 Å². The molecule has 0 saturated carbocycles. The van der Waals surface area contributed by atoms with Gasteiger partial charge in [0.1, 0.15) is 11.5 Å². The van der Waals surface area contributed by atoms with Crippen molar-refractivity contribution in [2.45, 2.75) is 17.5 Å². The lowest BCUT2D eigenvalue weighted by Gasteiger charge is -2.37. The molecular weight excluding hydrogens is 518 g/mol. The van der Waals surface area contributed by atoms with Gasteiger partial charge in [-0.2, -0.15) is 0 Å². The lowest BCUT2D eigenvalue weighted by Crippen LogP contribution is -2.51. The zero-order chi connectivity index (χ0) is 28.3. The van der Waals surface area contributed by atoms with E-state index in [2.05, 4.69) is 5.32 Å². The van der Waals surface area contributed by atoms with Gasteiger partial charge in [-0.15, -0.1) is 0 Å². The molecule has 4 aromatic carbocycles. The molecule has 200 valence electrons. The van der Waals surface area contributed by atoms with Crippen LogP contribution in [0.1, 0.15) is 31.8 Å². The molecule has 1 spiro atoms. The number of nitro groups is 1. The fourth-order valence-electron chi connectivity index (χ4n) is 6.82. The predicted molar refractivity (Wildman–Crippen MR) is 154 cm³/mol. The van der Waals surface area contributed by atoms with Crippen molar-refractivity contribution < 1.29 is 19.3 Å². The number of ketones is 2. The number of nitrogens with one attached hydrogen (secondary N) is 1. The molecule has 1 fully saturated rings. The number of rotatable bonds is 5. The lowest BCUT2D eigenvalue weighted by atomic mass is 9.64. The van der Waals surface area contributed by atoms with E-state index in [4.69, 9.17) is 0 Å². The van der Waals surface area contributed by atoms with Gasteiger partial charge >= 0.3 is 0 Å². The minimum atomic E-state index is -1.41. The number of hydrogen-bond donors (Lipinski definition) is 1. The van der Waals surface area contributed by atoms with Crippen LogP contribution in [-0.2, 0) is 10.2 Å². The third kappa shape index (κ3) is 3.43. The summed E-state index contributed by atoms with van der Waals surface area (Å²) in [6.45, 7) is 0. The van der Waals surface area contributed by atoms with Crippen molar-refractivity contribution in [3.63, 3.8) is 0 Å². The Labute approximate surface area is 235 Å². The Balaban J connectivity index is 1.51. The summed E-state index contributed by atoms with van der Waals surface area (Å²) in [5.74, 6) is -2.15. The average molecular weight is 542 g/mol. The van der Waals surface area contributed by atoms with Crippen LogP contribution >= 0.6 is 0 Å². The van der Waals surface area contributed by atoms with Crippen molar-refractivity contribution in [3.05, 3.63) is 142 Å². The fourth-order valence-corrected chi connectivity index (χ4v) is 6.82. The van der Waals surface area contributed by atoms with Crippen molar-refractivity contribution >= 4 is 40.6 Å². The Bertz CT molecular complexity index is 1780. The third-order valence-corrected chi connectivity index (χ3v) is 8.51. The number of carbonyl (C=O) groups is 3. The second kappa shape index (κ2) is 9.09. The average Bonchev–Trinajstić information content (AvgIpc) is 3.49. The first-order valence-corrected chi connectivity index (χ1v) is 13.3. The first-order valence-electron chi connectivity index (χ1n) is 13.3. The van der Waals surface area contributed by atoms with E-state index in [1.807, 2.05) is 65.6 Å². The number of benzene rings is 4. The zero-order valence-electron chi connectivity index (χ0n) is 21.6. The number of nitro benzene ring substituents is 1. The van der Waals surface area contributed by atoms with E-state index >= 15 is 0 Å². The number of hydrogen-bond acceptors (Lipinski definition) is 6. The standard InChI is InChI=1S/C33H23N3O5/c37-30(21-9-2-1-3-10-21)28-29(31(38)22-14-17-23(18-15-22)36(40)41)35-26-13-7-4-8-20(26)16-19-27(35)33(28)24-11-5-6-12-25(24)34-32(33)39/h1-19,27-29H,(H,34,39)/t27-,28+,29-,33-/m0/s1. The van der Waals surface area contributed by atoms with Crippen LogP contribution in [-0.4, -0.2) is 34.5 Å². The first-order chi connectivity index (χ1) is 19.9. The van der Waals surface area contributed by atoms with Gasteiger partial charge in [0.15, 0.2) is 11.6 Å². The monoisotopic (exact) mass is 541 g/mol. The van der Waals surface area contributed by atoms with Crippen molar-refractivity contribution in [2.75, 3.05) is 10.2 Å². The predicted octanol–water partition coefficient (Wildman–Crippen LogP) is 5.45. The minimum Gasteiger partial charge on any atom is -0.352 e. The summed E-state index contributed by atoms with van der Waals surface area (Å²) in [5, 5.41) is 14.3. The maximum Gasteiger partial charge on any atom is 0.269 e. The molecule has 4 atom stereocenters. The van der Waals surface area contributed by atoms with Gasteiger partial charge in [0.25, 0.3) is 5.69 Å². The quantitative estimate of drug-likeness (QED) is 0.204. The summed E-state index contributed by atoms with van der Waals surface area (Å²) in [6, 6.07) is 27.3. The van der Waals surface area contributed by atoms with Crippen molar-refractivity contribution in [3.8, 4) is 0 Å². The summed E-state index contributed by atoms with van der Waals surface area (Å²) < 4.78 is 0. The highest BCUT2D eigenvalue weighted by atomic mass is 16.6. The van der Waals surface area contributed by atoms with Gasteiger partial charge in [0, 0.05) is 34.6 Å². The Morgan fingerprint density at radius 1 is 0.805 bits per heavy atom. The van der Waals surface area contributed by atoms with Gasteiger partial charge in [0.05, 0.1) is 16.9 Å². The second-order valence-electron chi connectivity index (χ2n) is 10.5. The number of nitrogens with zero attached hydrogens (tertiary/aromatic N) is 2. The van der Waals surface area contributed by atoms with Gasteiger partial charge in [-0.05, 0) is 35.4 Å². The number of anilines is 2. The Kier molecular flexibility index (Phi) is 5.47. The van der Waals surface area contributed by atoms with E-state index in [1.165, 1.54) is 24.3 Å². The summed E-state index contributed by atoms with van der Waals surface area (Å²) in [7, 11) is 0. The molecule has 8 heteroatoms. The molecule has 1 amide bonds. The van der Waals surface area contributed by atoms with E-state index in [9.17, 15) is 24.5 Å². The number of amides is 1. The van der Waals surface area contributed by atoms with Gasteiger partial charge in [-0.3, -0.25) is 24.5 Å². The van der Waals surface area contributed by atoms with E-state index in [0.29, 0.717) is 16.8 Å². The van der Waals surface area contributed by atoms with E-state index in [1.54, 1.807) is 30.3 Å². The van der Waals surface area contributed by atoms with Gasteiger partial charge in [-0.1, -0.05) is 78.9 Å². The van der Waals surface area contributed by atoms with Gasteiger partial charge < -0.3 is 10.2 Å². The molecule has 0 radical (unpaired) electrons.